The molecule has 1 aromatic rings. The molecule has 3 rings (SSSR count). The summed E-state index contributed by atoms with van der Waals surface area (Å²) in [5.41, 5.74) is 0. The average molecular weight is 409 g/mol. The zero-order valence-corrected chi connectivity index (χ0v) is 17.5. The lowest BCUT2D eigenvalue weighted by Gasteiger charge is -2.33. The number of likely N-dealkylation sites (tertiary alicyclic amines) is 1. The second-order valence-electron chi connectivity index (χ2n) is 7.22. The molecule has 3 heterocycles. The summed E-state index contributed by atoms with van der Waals surface area (Å²) in [6.07, 6.45) is 6.53. The zero-order valence-electron chi connectivity index (χ0n) is 16.7. The number of nitrogens with one attached hydrogen (secondary N) is 2. The molecule has 0 saturated carbocycles. The van der Waals surface area contributed by atoms with Crippen LogP contribution in [0.4, 0.5) is 4.79 Å². The number of piperidine rings is 1. The molecule has 2 aliphatic rings. The topological polar surface area (TPSA) is 79.1 Å². The number of carbonyl (C=O) groups excluding carboxylic acids is 1. The van der Waals surface area contributed by atoms with Gasteiger partial charge in [-0.2, -0.15) is 11.8 Å². The molecule has 1 amide bonds. The first kappa shape index (κ1) is 20.9. The normalized spacial score (nSPS) is 21.4. The van der Waals surface area contributed by atoms with Gasteiger partial charge in [0, 0.05) is 43.9 Å². The first-order chi connectivity index (χ1) is 13.7. The summed E-state index contributed by atoms with van der Waals surface area (Å²) in [5.74, 6) is 4.22. The number of thioether (sulfide) groups is 1. The Kier molecular flexibility index (Phi) is 8.39. The van der Waals surface area contributed by atoms with E-state index in [0.717, 1.165) is 49.8 Å². The van der Waals surface area contributed by atoms with Crippen LogP contribution in [0.2, 0.25) is 0 Å². The van der Waals surface area contributed by atoms with E-state index in [1.807, 2.05) is 30.8 Å². The summed E-state index contributed by atoms with van der Waals surface area (Å²) >= 11 is 2.00. The second-order valence-corrected chi connectivity index (χ2v) is 8.37. The smallest absolute Gasteiger partial charge is 0.409 e. The van der Waals surface area contributed by atoms with Gasteiger partial charge in [0.15, 0.2) is 5.96 Å². The van der Waals surface area contributed by atoms with Gasteiger partial charge in [0.2, 0.25) is 0 Å². The number of guanidine groups is 1. The fourth-order valence-electron chi connectivity index (χ4n) is 3.53. The summed E-state index contributed by atoms with van der Waals surface area (Å²) in [7, 11) is 0. The van der Waals surface area contributed by atoms with E-state index in [4.69, 9.17) is 14.1 Å². The molecule has 0 radical (unpaired) electrons. The molecule has 0 aromatic carbocycles. The predicted molar refractivity (Wildman–Crippen MR) is 113 cm³/mol. The van der Waals surface area contributed by atoms with E-state index in [9.17, 15) is 4.79 Å². The number of hydrogen-bond acceptors (Lipinski definition) is 5. The SMILES string of the molecule is CCOC(=O)N1CCC(NC(=NCCc2ccco2)NC2CCCSC2)CC1. The Morgan fingerprint density at radius 1 is 1.32 bits per heavy atom. The van der Waals surface area contributed by atoms with Gasteiger partial charge in [-0.3, -0.25) is 4.99 Å². The molecule has 2 fully saturated rings. The van der Waals surface area contributed by atoms with Gasteiger partial charge in [0.05, 0.1) is 12.9 Å². The van der Waals surface area contributed by atoms with Gasteiger partial charge in [-0.25, -0.2) is 4.79 Å². The lowest BCUT2D eigenvalue weighted by molar-refractivity contribution is 0.0963. The lowest BCUT2D eigenvalue weighted by atomic mass is 10.1. The van der Waals surface area contributed by atoms with Crippen LogP contribution < -0.4 is 10.6 Å². The van der Waals surface area contributed by atoms with Gasteiger partial charge in [0.1, 0.15) is 5.76 Å². The molecule has 7 nitrogen and oxygen atoms in total. The van der Waals surface area contributed by atoms with Gasteiger partial charge in [0.25, 0.3) is 0 Å². The van der Waals surface area contributed by atoms with Gasteiger partial charge < -0.3 is 24.7 Å². The van der Waals surface area contributed by atoms with Crippen molar-refractivity contribution in [3.63, 3.8) is 0 Å². The maximum atomic E-state index is 11.9. The van der Waals surface area contributed by atoms with Gasteiger partial charge >= 0.3 is 6.09 Å². The number of furan rings is 1. The van der Waals surface area contributed by atoms with Crippen molar-refractivity contribution >= 4 is 23.8 Å². The second kappa shape index (κ2) is 11.2. The number of hydrogen-bond donors (Lipinski definition) is 2. The number of ether oxygens (including phenoxy) is 1. The fourth-order valence-corrected chi connectivity index (χ4v) is 4.60. The number of carbonyl (C=O) groups is 1. The molecule has 1 unspecified atom stereocenters. The quantitative estimate of drug-likeness (QED) is 0.557. The Hall–Kier alpha value is -1.83. The summed E-state index contributed by atoms with van der Waals surface area (Å²) in [5, 5.41) is 7.21. The molecule has 1 atom stereocenters. The minimum atomic E-state index is -0.203. The molecule has 2 aliphatic heterocycles. The Morgan fingerprint density at radius 3 is 2.82 bits per heavy atom. The molecular formula is C20H32N4O3S. The van der Waals surface area contributed by atoms with E-state index >= 15 is 0 Å². The Bertz CT molecular complexity index is 609. The van der Waals surface area contributed by atoms with Crippen molar-refractivity contribution in [1.29, 1.82) is 0 Å². The highest BCUT2D eigenvalue weighted by molar-refractivity contribution is 7.99. The van der Waals surface area contributed by atoms with Crippen LogP contribution >= 0.6 is 11.8 Å². The van der Waals surface area contributed by atoms with E-state index in [0.29, 0.717) is 25.2 Å². The van der Waals surface area contributed by atoms with E-state index < -0.39 is 0 Å². The Balaban J connectivity index is 1.51. The molecule has 2 N–H and O–H groups in total. The molecule has 0 spiro atoms. The molecule has 2 saturated heterocycles. The third kappa shape index (κ3) is 6.65. The zero-order chi connectivity index (χ0) is 19.6. The number of rotatable bonds is 6. The molecule has 28 heavy (non-hydrogen) atoms. The Labute approximate surface area is 171 Å². The van der Waals surface area contributed by atoms with Crippen molar-refractivity contribution in [2.75, 3.05) is 37.7 Å². The molecule has 156 valence electrons. The van der Waals surface area contributed by atoms with E-state index in [-0.39, 0.29) is 6.09 Å². The summed E-state index contributed by atoms with van der Waals surface area (Å²) in [6, 6.07) is 4.68. The van der Waals surface area contributed by atoms with Gasteiger partial charge in [-0.05, 0) is 50.5 Å². The molecular weight excluding hydrogens is 376 g/mol. The fraction of sp³-hybridized carbons (Fsp3) is 0.700. The van der Waals surface area contributed by atoms with Crippen LogP contribution in [0.25, 0.3) is 0 Å². The monoisotopic (exact) mass is 408 g/mol. The predicted octanol–water partition coefficient (Wildman–Crippen LogP) is 2.87. The maximum absolute atomic E-state index is 11.9. The summed E-state index contributed by atoms with van der Waals surface area (Å²) in [6.45, 7) is 4.38. The molecule has 8 heteroatoms. The third-order valence-electron chi connectivity index (χ3n) is 5.07. The molecule has 0 bridgehead atoms. The maximum Gasteiger partial charge on any atom is 0.409 e. The average Bonchev–Trinajstić information content (AvgIpc) is 3.23. The van der Waals surface area contributed by atoms with Crippen LogP contribution in [-0.4, -0.2) is 66.8 Å². The van der Waals surface area contributed by atoms with E-state index in [1.165, 1.54) is 18.6 Å². The van der Waals surface area contributed by atoms with E-state index in [2.05, 4.69) is 10.6 Å². The largest absolute Gasteiger partial charge is 0.469 e. The van der Waals surface area contributed by atoms with E-state index in [1.54, 1.807) is 11.2 Å². The Morgan fingerprint density at radius 2 is 2.14 bits per heavy atom. The molecule has 1 aromatic heterocycles. The van der Waals surface area contributed by atoms with Crippen LogP contribution in [0.3, 0.4) is 0 Å². The highest BCUT2D eigenvalue weighted by Crippen LogP contribution is 2.17. The number of aliphatic imine (C=N–C) groups is 1. The van der Waals surface area contributed by atoms with Crippen molar-refractivity contribution in [3.05, 3.63) is 24.2 Å². The van der Waals surface area contributed by atoms with Gasteiger partial charge in [-0.1, -0.05) is 0 Å². The minimum absolute atomic E-state index is 0.203. The number of nitrogens with zero attached hydrogens (tertiary/aromatic N) is 2. The van der Waals surface area contributed by atoms with Crippen LogP contribution in [0, 0.1) is 0 Å². The summed E-state index contributed by atoms with van der Waals surface area (Å²) < 4.78 is 10.5. The van der Waals surface area contributed by atoms with Crippen molar-refractivity contribution in [2.24, 2.45) is 4.99 Å². The highest BCUT2D eigenvalue weighted by atomic mass is 32.2. The first-order valence-electron chi connectivity index (χ1n) is 10.3. The standard InChI is InChI=1S/C20H32N4O3S/c1-2-26-20(25)24-11-8-16(9-12-24)22-19(23-17-5-4-14-28-15-17)21-10-7-18-6-3-13-27-18/h3,6,13,16-17H,2,4-5,7-12,14-15H2,1H3,(H2,21,22,23). The van der Waals surface area contributed by atoms with Crippen LogP contribution in [0.15, 0.2) is 27.8 Å². The highest BCUT2D eigenvalue weighted by Gasteiger charge is 2.25. The summed E-state index contributed by atoms with van der Waals surface area (Å²) in [4.78, 5) is 18.5. The third-order valence-corrected chi connectivity index (χ3v) is 6.29. The lowest BCUT2D eigenvalue weighted by Crippen LogP contribution is -2.52. The van der Waals surface area contributed by atoms with Crippen molar-refractivity contribution in [2.45, 2.75) is 51.1 Å². The van der Waals surface area contributed by atoms with Gasteiger partial charge in [-0.15, -0.1) is 0 Å². The van der Waals surface area contributed by atoms with Crippen molar-refractivity contribution < 1.29 is 13.9 Å². The van der Waals surface area contributed by atoms with Crippen LogP contribution in [0.5, 0.6) is 0 Å². The van der Waals surface area contributed by atoms with Crippen molar-refractivity contribution in [1.82, 2.24) is 15.5 Å². The van der Waals surface area contributed by atoms with Crippen LogP contribution in [0.1, 0.15) is 38.4 Å². The van der Waals surface area contributed by atoms with Crippen molar-refractivity contribution in [3.8, 4) is 0 Å². The minimum Gasteiger partial charge on any atom is -0.469 e. The number of amides is 1. The first-order valence-corrected chi connectivity index (χ1v) is 11.5. The van der Waals surface area contributed by atoms with Crippen LogP contribution in [-0.2, 0) is 11.2 Å². The molecule has 0 aliphatic carbocycles.